The van der Waals surface area contributed by atoms with Gasteiger partial charge in [0.2, 0.25) is 21.8 Å². The number of benzene rings is 1. The molecule has 5 fully saturated rings. The molecule has 8 rings (SSSR count). The first-order valence-corrected chi connectivity index (χ1v) is 21.8. The number of pyridine rings is 1. The number of sulfonamides is 1. The molecule has 298 valence electrons. The molecule has 13 nitrogen and oxygen atoms in total. The number of aromatic nitrogens is 1. The molecule has 3 aliphatic heterocycles. The molecule has 0 spiro atoms. The van der Waals surface area contributed by atoms with E-state index in [2.05, 4.69) is 10.0 Å². The number of rotatable bonds is 8. The monoisotopic (exact) mass is 785 g/mol. The summed E-state index contributed by atoms with van der Waals surface area (Å²) in [6.45, 7) is 2.66. The van der Waals surface area contributed by atoms with Crippen molar-refractivity contribution in [1.82, 2.24) is 24.8 Å². The van der Waals surface area contributed by atoms with Crippen molar-refractivity contribution in [1.29, 1.82) is 0 Å². The second-order valence-electron chi connectivity index (χ2n) is 16.8. The van der Waals surface area contributed by atoms with Crippen molar-refractivity contribution in [3.05, 3.63) is 65.9 Å². The van der Waals surface area contributed by atoms with Gasteiger partial charge in [0.05, 0.1) is 17.4 Å². The number of ether oxygens (including phenoxy) is 1. The zero-order valence-electron chi connectivity index (χ0n) is 31.9. The van der Waals surface area contributed by atoms with Gasteiger partial charge in [0.25, 0.3) is 11.8 Å². The summed E-state index contributed by atoms with van der Waals surface area (Å²) in [5.74, 6) is -4.20. The number of carbonyl (C=O) groups excluding carboxylic acids is 5. The van der Waals surface area contributed by atoms with Crippen LogP contribution in [0.1, 0.15) is 93.1 Å². The van der Waals surface area contributed by atoms with Gasteiger partial charge in [-0.05, 0) is 76.8 Å². The van der Waals surface area contributed by atoms with Crippen LogP contribution >= 0.6 is 0 Å². The standard InChI is InChI=1S/C42H51N5O8S/c1-26-15-17-27(18-16-26)34-13-8-14-35(43-34)40(51)46-23-29-24-47-37(33(29)25-46)38(49)44-42(41(52)45-56(53,54)32-19-20-32)22-30(42)10-6-4-2-3-5-9-28(39(47)50)21-36(48)55-31-11-7-12-31/h6,8,10,13-18,28-33,37H,2-5,7,9,11-12,19-25H2,1H3,(H,44,49)(H,45,52)/b10-6-/t28-,29+,30-,33+,37+,42-/m1/s1. The van der Waals surface area contributed by atoms with Gasteiger partial charge in [0.1, 0.15) is 23.4 Å². The summed E-state index contributed by atoms with van der Waals surface area (Å²) in [5.41, 5.74) is 1.43. The number of aryl methyl sites for hydroxylation is 1. The number of carbonyl (C=O) groups is 5. The molecule has 4 heterocycles. The molecule has 2 N–H and O–H groups in total. The summed E-state index contributed by atoms with van der Waals surface area (Å²) >= 11 is 0. The molecule has 2 aromatic rings. The van der Waals surface area contributed by atoms with E-state index in [0.717, 1.165) is 49.7 Å². The number of likely N-dealkylation sites (tertiary alicyclic amines) is 1. The Kier molecular flexibility index (Phi) is 10.5. The van der Waals surface area contributed by atoms with Crippen molar-refractivity contribution in [2.45, 2.75) is 107 Å². The average Bonchev–Trinajstić information content (AvgIpc) is 4.06. The van der Waals surface area contributed by atoms with E-state index >= 15 is 0 Å². The Hall–Kier alpha value is -4.59. The smallest absolute Gasteiger partial charge is 0.306 e. The minimum atomic E-state index is -3.90. The fourth-order valence-corrected chi connectivity index (χ4v) is 10.3. The molecule has 4 amide bonds. The van der Waals surface area contributed by atoms with Gasteiger partial charge in [0.15, 0.2) is 0 Å². The van der Waals surface area contributed by atoms with Crippen LogP contribution in [0.5, 0.6) is 0 Å². The Labute approximate surface area is 328 Å². The molecule has 1 aromatic carbocycles. The molecule has 3 saturated carbocycles. The van der Waals surface area contributed by atoms with Gasteiger partial charge in [-0.25, -0.2) is 13.4 Å². The van der Waals surface area contributed by atoms with Crippen LogP contribution in [0, 0.1) is 30.6 Å². The van der Waals surface area contributed by atoms with Crippen LogP contribution in [0.25, 0.3) is 11.3 Å². The first-order valence-electron chi connectivity index (χ1n) is 20.3. The molecule has 1 aromatic heterocycles. The van der Waals surface area contributed by atoms with E-state index in [0.29, 0.717) is 37.9 Å². The fourth-order valence-electron chi connectivity index (χ4n) is 8.89. The minimum Gasteiger partial charge on any atom is -0.462 e. The van der Waals surface area contributed by atoms with Gasteiger partial charge in [-0.15, -0.1) is 0 Å². The third-order valence-electron chi connectivity index (χ3n) is 12.7. The molecule has 3 aliphatic carbocycles. The second-order valence-corrected chi connectivity index (χ2v) is 18.8. The van der Waals surface area contributed by atoms with Crippen molar-refractivity contribution >= 4 is 39.6 Å². The van der Waals surface area contributed by atoms with Gasteiger partial charge in [-0.1, -0.05) is 60.9 Å². The van der Waals surface area contributed by atoms with Crippen molar-refractivity contribution < 1.29 is 37.1 Å². The number of amides is 4. The molecule has 56 heavy (non-hydrogen) atoms. The van der Waals surface area contributed by atoms with Crippen molar-refractivity contribution in [3.63, 3.8) is 0 Å². The fraction of sp³-hybridized carbons (Fsp3) is 0.571. The molecule has 2 saturated heterocycles. The lowest BCUT2D eigenvalue weighted by molar-refractivity contribution is -0.157. The number of esters is 1. The molecule has 0 radical (unpaired) electrons. The summed E-state index contributed by atoms with van der Waals surface area (Å²) in [5, 5.41) is 2.33. The molecular weight excluding hydrogens is 735 g/mol. The zero-order valence-corrected chi connectivity index (χ0v) is 32.7. The zero-order chi connectivity index (χ0) is 39.2. The van der Waals surface area contributed by atoms with Crippen molar-refractivity contribution in [2.24, 2.45) is 23.7 Å². The SMILES string of the molecule is Cc1ccc(-c2cccc(C(=O)N3C[C@H]4CN5C(=O)[C@@H](CC(=O)OC6CCC6)CCCCC/C=C\[C@@H]6C[C@@]6(C(=O)NS(=O)(=O)C6CC6)NC(=O)[C@@H]5[C@H]4C3)n2)cc1. The van der Waals surface area contributed by atoms with Crippen LogP contribution < -0.4 is 10.0 Å². The Morgan fingerprint density at radius 3 is 2.46 bits per heavy atom. The predicted octanol–water partition coefficient (Wildman–Crippen LogP) is 4.06. The predicted molar refractivity (Wildman–Crippen MR) is 206 cm³/mol. The third-order valence-corrected chi connectivity index (χ3v) is 14.5. The third kappa shape index (κ3) is 7.86. The summed E-state index contributed by atoms with van der Waals surface area (Å²) in [4.78, 5) is 78.3. The quantitative estimate of drug-likeness (QED) is 0.296. The van der Waals surface area contributed by atoms with Crippen LogP contribution in [0.15, 0.2) is 54.6 Å². The van der Waals surface area contributed by atoms with Crippen molar-refractivity contribution in [3.8, 4) is 11.3 Å². The topological polar surface area (TPSA) is 172 Å². The van der Waals surface area contributed by atoms with Crippen LogP contribution in [0.3, 0.4) is 0 Å². The lowest BCUT2D eigenvalue weighted by Crippen LogP contribution is -2.58. The highest BCUT2D eigenvalue weighted by Gasteiger charge is 2.63. The van der Waals surface area contributed by atoms with Gasteiger partial charge in [-0.2, -0.15) is 0 Å². The molecular formula is C42H51N5O8S. The summed E-state index contributed by atoms with van der Waals surface area (Å²) in [6.07, 6.45) is 11.0. The Balaban J connectivity index is 1.07. The minimum absolute atomic E-state index is 0.0868. The first-order chi connectivity index (χ1) is 26.9. The number of fused-ring (bicyclic) bond motifs is 4. The highest BCUT2D eigenvalue weighted by atomic mass is 32.2. The van der Waals surface area contributed by atoms with E-state index in [1.165, 1.54) is 0 Å². The number of hydrogen-bond donors (Lipinski definition) is 2. The van der Waals surface area contributed by atoms with Gasteiger partial charge in [0, 0.05) is 48.9 Å². The number of nitrogens with one attached hydrogen (secondary N) is 2. The normalized spacial score (nSPS) is 30.1. The Morgan fingerprint density at radius 1 is 0.946 bits per heavy atom. The highest BCUT2D eigenvalue weighted by molar-refractivity contribution is 7.91. The van der Waals surface area contributed by atoms with Crippen LogP contribution in [-0.4, -0.2) is 95.4 Å². The highest BCUT2D eigenvalue weighted by Crippen LogP contribution is 2.47. The maximum Gasteiger partial charge on any atom is 0.306 e. The molecule has 6 atom stereocenters. The maximum atomic E-state index is 14.7. The Bertz CT molecular complexity index is 2030. The van der Waals surface area contributed by atoms with Gasteiger partial charge < -0.3 is 19.9 Å². The van der Waals surface area contributed by atoms with E-state index < -0.39 is 62.4 Å². The number of hydrogen-bond acceptors (Lipinski definition) is 9. The van der Waals surface area contributed by atoms with E-state index in [9.17, 15) is 32.4 Å². The molecule has 0 bridgehead atoms. The summed E-state index contributed by atoms with van der Waals surface area (Å²) < 4.78 is 33.8. The lowest BCUT2D eigenvalue weighted by atomic mass is 9.92. The van der Waals surface area contributed by atoms with Gasteiger partial charge >= 0.3 is 5.97 Å². The molecule has 14 heteroatoms. The molecule has 6 aliphatic rings. The number of allylic oxidation sites excluding steroid dienone is 1. The first kappa shape index (κ1) is 38.3. The van der Waals surface area contributed by atoms with Crippen LogP contribution in [-0.2, 0) is 33.9 Å². The Morgan fingerprint density at radius 2 is 1.73 bits per heavy atom. The van der Waals surface area contributed by atoms with Gasteiger partial charge in [-0.3, -0.25) is 28.7 Å². The van der Waals surface area contributed by atoms with E-state index in [1.54, 1.807) is 21.9 Å². The maximum absolute atomic E-state index is 14.7. The number of nitrogens with zero attached hydrogens (tertiary/aromatic N) is 3. The van der Waals surface area contributed by atoms with E-state index in [-0.39, 0.29) is 55.5 Å². The van der Waals surface area contributed by atoms with Crippen LogP contribution in [0.2, 0.25) is 0 Å². The molecule has 0 unspecified atom stereocenters. The van der Waals surface area contributed by atoms with Crippen molar-refractivity contribution in [2.75, 3.05) is 19.6 Å². The summed E-state index contributed by atoms with van der Waals surface area (Å²) in [7, 11) is -3.90. The average molecular weight is 786 g/mol. The lowest BCUT2D eigenvalue weighted by Gasteiger charge is -2.33. The van der Waals surface area contributed by atoms with E-state index in [4.69, 9.17) is 9.72 Å². The second kappa shape index (κ2) is 15.4. The van der Waals surface area contributed by atoms with Crippen LogP contribution in [0.4, 0.5) is 0 Å². The van der Waals surface area contributed by atoms with E-state index in [1.807, 2.05) is 49.4 Å². The largest absolute Gasteiger partial charge is 0.462 e. The summed E-state index contributed by atoms with van der Waals surface area (Å²) in [6, 6.07) is 12.2.